The summed E-state index contributed by atoms with van der Waals surface area (Å²) in [6.45, 7) is 12.0. The van der Waals surface area contributed by atoms with Crippen LogP contribution in [0.25, 0.3) is 0 Å². The van der Waals surface area contributed by atoms with Crippen LogP contribution < -0.4 is 0 Å². The minimum absolute atomic E-state index is 0.0886. The first kappa shape index (κ1) is 23.4. The first-order chi connectivity index (χ1) is 14.3. The second-order valence-electron chi connectivity index (χ2n) is 9.88. The Bertz CT molecular complexity index is 867. The summed E-state index contributed by atoms with van der Waals surface area (Å²) in [6, 6.07) is 0. The smallest absolute Gasteiger partial charge is 0.302 e. The van der Waals surface area contributed by atoms with Crippen molar-refractivity contribution in [3.8, 4) is 0 Å². The van der Waals surface area contributed by atoms with Crippen LogP contribution >= 0.6 is 0 Å². The van der Waals surface area contributed by atoms with E-state index in [0.717, 1.165) is 0 Å². The Morgan fingerprint density at radius 2 is 1.65 bits per heavy atom. The molecule has 6 unspecified atom stereocenters. The summed E-state index contributed by atoms with van der Waals surface area (Å²) in [7, 11) is 0. The van der Waals surface area contributed by atoms with Gasteiger partial charge in [-0.05, 0) is 31.3 Å². The lowest BCUT2D eigenvalue weighted by Gasteiger charge is -2.56. The van der Waals surface area contributed by atoms with Crippen LogP contribution in [-0.4, -0.2) is 46.9 Å². The number of carbonyl (C=O) groups is 4. The third-order valence-corrected chi connectivity index (χ3v) is 7.65. The van der Waals surface area contributed by atoms with Crippen LogP contribution in [0.5, 0.6) is 0 Å². The van der Waals surface area contributed by atoms with E-state index < -0.39 is 47.0 Å². The van der Waals surface area contributed by atoms with E-state index in [1.54, 1.807) is 13.0 Å². The quantitative estimate of drug-likeness (QED) is 0.528. The highest BCUT2D eigenvalue weighted by Crippen LogP contribution is 2.57. The van der Waals surface area contributed by atoms with Crippen molar-refractivity contribution in [3.05, 3.63) is 23.8 Å². The molecular weight excluding hydrogens is 400 g/mol. The molecule has 1 fully saturated rings. The highest BCUT2D eigenvalue weighted by atomic mass is 16.6. The maximum atomic E-state index is 13.7. The van der Waals surface area contributed by atoms with Crippen LogP contribution in [0.1, 0.15) is 60.3 Å². The Kier molecular flexibility index (Phi) is 6.04. The van der Waals surface area contributed by atoms with Crippen molar-refractivity contribution in [2.24, 2.45) is 22.7 Å². The monoisotopic (exact) mass is 432 g/mol. The van der Waals surface area contributed by atoms with Gasteiger partial charge in [0.15, 0.2) is 5.78 Å². The fraction of sp³-hybridized carbons (Fsp3) is 0.667. The molecule has 0 aliphatic heterocycles. The van der Waals surface area contributed by atoms with Gasteiger partial charge in [-0.25, -0.2) is 0 Å². The van der Waals surface area contributed by atoms with E-state index in [0.29, 0.717) is 17.6 Å². The molecule has 0 aromatic heterocycles. The van der Waals surface area contributed by atoms with Crippen molar-refractivity contribution in [2.45, 2.75) is 78.6 Å². The van der Waals surface area contributed by atoms with Crippen LogP contribution in [-0.2, 0) is 28.7 Å². The van der Waals surface area contributed by atoms with Crippen LogP contribution in [0.4, 0.5) is 0 Å². The third-order valence-electron chi connectivity index (χ3n) is 7.65. The Labute approximate surface area is 182 Å². The SMILES string of the molecule is C=C1C(=O)C2=CC1CCC(=O)C1(C)C(OC(C)=O)CC(OC(C)=O)C(C)(C)C1CC2O. The standard InChI is InChI=1S/C24H32O7/c1-12-15-7-8-19(28)24(6)18(10-17(27)16(9-15)22(12)29)23(4,5)20(30-13(2)25)11-21(24)31-14(3)26/h9,15,17-18,20-21,27H,1,7-8,10-11H2,2-6H3. The second kappa shape index (κ2) is 8.01. The van der Waals surface area contributed by atoms with Gasteiger partial charge in [-0.15, -0.1) is 0 Å². The number of hydrogen-bond acceptors (Lipinski definition) is 7. The third kappa shape index (κ3) is 3.88. The van der Waals surface area contributed by atoms with Gasteiger partial charge in [-0.3, -0.25) is 19.2 Å². The summed E-state index contributed by atoms with van der Waals surface area (Å²) < 4.78 is 11.2. The molecule has 170 valence electrons. The van der Waals surface area contributed by atoms with Crippen molar-refractivity contribution >= 4 is 23.5 Å². The number of hydrogen-bond donors (Lipinski definition) is 1. The Morgan fingerprint density at radius 1 is 1.06 bits per heavy atom. The normalized spacial score (nSPS) is 37.5. The van der Waals surface area contributed by atoms with Crippen LogP contribution in [0.2, 0.25) is 0 Å². The van der Waals surface area contributed by atoms with E-state index in [1.807, 2.05) is 13.8 Å². The van der Waals surface area contributed by atoms with E-state index in [1.165, 1.54) is 13.8 Å². The van der Waals surface area contributed by atoms with Crippen LogP contribution in [0.3, 0.4) is 0 Å². The van der Waals surface area contributed by atoms with E-state index in [-0.39, 0.29) is 36.7 Å². The number of Topliss-reactive ketones (excluding diaryl/α,β-unsaturated/α-hetero) is 2. The lowest BCUT2D eigenvalue weighted by molar-refractivity contribution is -0.203. The topological polar surface area (TPSA) is 107 Å². The summed E-state index contributed by atoms with van der Waals surface area (Å²) >= 11 is 0. The van der Waals surface area contributed by atoms with Gasteiger partial charge in [-0.1, -0.05) is 26.5 Å². The summed E-state index contributed by atoms with van der Waals surface area (Å²) in [5.74, 6) is -2.14. The Balaban J connectivity index is 2.13. The van der Waals surface area contributed by atoms with Gasteiger partial charge in [0.1, 0.15) is 18.0 Å². The summed E-state index contributed by atoms with van der Waals surface area (Å²) in [4.78, 5) is 50.0. The molecule has 0 heterocycles. The van der Waals surface area contributed by atoms with E-state index in [2.05, 4.69) is 6.58 Å². The van der Waals surface area contributed by atoms with Crippen LogP contribution in [0, 0.1) is 22.7 Å². The first-order valence-corrected chi connectivity index (χ1v) is 10.8. The molecular formula is C24H32O7. The molecule has 0 amide bonds. The zero-order valence-corrected chi connectivity index (χ0v) is 18.9. The van der Waals surface area contributed by atoms with Crippen molar-refractivity contribution in [3.63, 3.8) is 0 Å². The molecule has 3 aliphatic carbocycles. The molecule has 31 heavy (non-hydrogen) atoms. The van der Waals surface area contributed by atoms with Gasteiger partial charge in [0.2, 0.25) is 0 Å². The fourth-order valence-electron chi connectivity index (χ4n) is 5.83. The van der Waals surface area contributed by atoms with Crippen molar-refractivity contribution in [2.75, 3.05) is 0 Å². The van der Waals surface area contributed by atoms with Crippen molar-refractivity contribution in [1.29, 1.82) is 0 Å². The Hall–Kier alpha value is -2.28. The minimum Gasteiger partial charge on any atom is -0.462 e. The van der Waals surface area contributed by atoms with E-state index in [4.69, 9.17) is 9.47 Å². The molecule has 7 heteroatoms. The number of aliphatic hydroxyl groups excluding tert-OH is 1. The Morgan fingerprint density at radius 3 is 2.23 bits per heavy atom. The zero-order valence-electron chi connectivity index (χ0n) is 18.9. The van der Waals surface area contributed by atoms with E-state index >= 15 is 0 Å². The van der Waals surface area contributed by atoms with Gasteiger partial charge in [-0.2, -0.15) is 0 Å². The number of fused-ring (bicyclic) bond motifs is 2. The van der Waals surface area contributed by atoms with Gasteiger partial charge < -0.3 is 14.6 Å². The molecule has 1 saturated carbocycles. The highest BCUT2D eigenvalue weighted by molar-refractivity contribution is 6.11. The molecule has 0 saturated heterocycles. The predicted octanol–water partition coefficient (Wildman–Crippen LogP) is 2.70. The number of aliphatic hydroxyl groups is 1. The maximum absolute atomic E-state index is 13.7. The molecule has 0 aromatic rings. The number of rotatable bonds is 2. The molecule has 0 spiro atoms. The van der Waals surface area contributed by atoms with E-state index in [9.17, 15) is 24.3 Å². The summed E-state index contributed by atoms with van der Waals surface area (Å²) in [5.41, 5.74) is -1.12. The molecule has 0 aromatic carbocycles. The molecule has 6 atom stereocenters. The lowest BCUT2D eigenvalue weighted by Crippen LogP contribution is -2.62. The average molecular weight is 433 g/mol. The molecule has 1 N–H and O–H groups in total. The molecule has 3 rings (SSSR count). The second-order valence-corrected chi connectivity index (χ2v) is 9.88. The van der Waals surface area contributed by atoms with Crippen molar-refractivity contribution in [1.82, 2.24) is 0 Å². The molecule has 3 aliphatic rings. The fourth-order valence-corrected chi connectivity index (χ4v) is 5.83. The van der Waals surface area contributed by atoms with Gasteiger partial charge in [0.05, 0.1) is 11.5 Å². The van der Waals surface area contributed by atoms with Crippen LogP contribution in [0.15, 0.2) is 23.8 Å². The minimum atomic E-state index is -1.10. The number of carbonyl (C=O) groups excluding carboxylic acids is 4. The number of esters is 2. The zero-order chi connectivity index (χ0) is 23.3. The number of allylic oxidation sites excluding steroid dienone is 2. The predicted molar refractivity (Wildman–Crippen MR) is 112 cm³/mol. The number of ether oxygens (including phenoxy) is 2. The summed E-state index contributed by atoms with van der Waals surface area (Å²) in [6.07, 6.45) is 0.0921. The highest BCUT2D eigenvalue weighted by Gasteiger charge is 2.62. The molecule has 7 nitrogen and oxygen atoms in total. The van der Waals surface area contributed by atoms with Gasteiger partial charge in [0.25, 0.3) is 0 Å². The van der Waals surface area contributed by atoms with Crippen molar-refractivity contribution < 1.29 is 33.8 Å². The largest absolute Gasteiger partial charge is 0.462 e. The molecule has 0 radical (unpaired) electrons. The average Bonchev–Trinajstić information content (AvgIpc) is 2.94. The number of ketones is 2. The maximum Gasteiger partial charge on any atom is 0.302 e. The molecule has 2 bridgehead atoms. The lowest BCUT2D eigenvalue weighted by atomic mass is 9.50. The van der Waals surface area contributed by atoms with Gasteiger partial charge in [0, 0.05) is 43.6 Å². The van der Waals surface area contributed by atoms with Gasteiger partial charge >= 0.3 is 11.9 Å². The first-order valence-electron chi connectivity index (χ1n) is 10.8. The summed E-state index contributed by atoms with van der Waals surface area (Å²) in [5, 5.41) is 11.1.